The average Bonchev–Trinajstić information content (AvgIpc) is 2.87. The molecule has 1 N–H and O–H groups in total. The van der Waals surface area contributed by atoms with E-state index in [4.69, 9.17) is 4.74 Å². The SMILES string of the molecule is O=C1OC([C@H]2CC[C@H](O)CC2)CN1CC12CC3CC(CC(C3)C1)C2. The highest BCUT2D eigenvalue weighted by Crippen LogP contribution is 2.60. The summed E-state index contributed by atoms with van der Waals surface area (Å²) in [7, 11) is 0. The monoisotopic (exact) mass is 333 g/mol. The molecule has 0 aromatic heterocycles. The number of nitrogens with zero attached hydrogens (tertiary/aromatic N) is 1. The maximum Gasteiger partial charge on any atom is 0.410 e. The quantitative estimate of drug-likeness (QED) is 0.859. The first-order valence-electron chi connectivity index (χ1n) is 10.2. The van der Waals surface area contributed by atoms with Crippen molar-refractivity contribution < 1.29 is 14.6 Å². The minimum Gasteiger partial charge on any atom is -0.444 e. The fourth-order valence-electron chi connectivity index (χ4n) is 7.27. The Balaban J connectivity index is 1.24. The van der Waals surface area contributed by atoms with E-state index in [-0.39, 0.29) is 18.3 Å². The van der Waals surface area contributed by atoms with Gasteiger partial charge < -0.3 is 14.7 Å². The Kier molecular flexibility index (Phi) is 3.62. The smallest absolute Gasteiger partial charge is 0.410 e. The van der Waals surface area contributed by atoms with E-state index in [1.54, 1.807) is 0 Å². The van der Waals surface area contributed by atoms with Crippen LogP contribution in [0.15, 0.2) is 0 Å². The minimum atomic E-state index is -0.138. The molecular formula is C20H31NO3. The van der Waals surface area contributed by atoms with Gasteiger partial charge in [-0.05, 0) is 93.3 Å². The van der Waals surface area contributed by atoms with Gasteiger partial charge in [-0.3, -0.25) is 0 Å². The summed E-state index contributed by atoms with van der Waals surface area (Å²) < 4.78 is 5.77. The van der Waals surface area contributed by atoms with Crippen LogP contribution >= 0.6 is 0 Å². The zero-order valence-electron chi connectivity index (χ0n) is 14.7. The Hall–Kier alpha value is -0.770. The summed E-state index contributed by atoms with van der Waals surface area (Å²) in [5.74, 6) is 3.26. The van der Waals surface area contributed by atoms with Crippen LogP contribution in [0.3, 0.4) is 0 Å². The highest BCUT2D eigenvalue weighted by Gasteiger charge is 2.52. The minimum absolute atomic E-state index is 0.0677. The number of aliphatic hydroxyl groups is 1. The molecule has 4 nitrogen and oxygen atoms in total. The molecule has 1 amide bonds. The van der Waals surface area contributed by atoms with Crippen molar-refractivity contribution in [3.05, 3.63) is 0 Å². The summed E-state index contributed by atoms with van der Waals surface area (Å²) in [5, 5.41) is 9.70. The van der Waals surface area contributed by atoms with Crippen molar-refractivity contribution in [2.45, 2.75) is 76.4 Å². The van der Waals surface area contributed by atoms with Crippen LogP contribution in [0.5, 0.6) is 0 Å². The van der Waals surface area contributed by atoms with Crippen LogP contribution < -0.4 is 0 Å². The van der Waals surface area contributed by atoms with Gasteiger partial charge in [0.05, 0.1) is 12.6 Å². The van der Waals surface area contributed by atoms with Gasteiger partial charge in [-0.1, -0.05) is 0 Å². The van der Waals surface area contributed by atoms with E-state index < -0.39 is 0 Å². The second-order valence-electron chi connectivity index (χ2n) is 9.79. The van der Waals surface area contributed by atoms with Gasteiger partial charge >= 0.3 is 6.09 Å². The highest BCUT2D eigenvalue weighted by atomic mass is 16.6. The first-order valence-corrected chi connectivity index (χ1v) is 10.2. The van der Waals surface area contributed by atoms with Gasteiger partial charge in [0.2, 0.25) is 0 Å². The third-order valence-electron chi connectivity index (χ3n) is 7.87. The number of cyclic esters (lactones) is 1. The van der Waals surface area contributed by atoms with Gasteiger partial charge in [0.15, 0.2) is 0 Å². The molecule has 6 rings (SSSR count). The normalized spacial score (nSPS) is 50.4. The maximum atomic E-state index is 12.5. The molecule has 1 heterocycles. The van der Waals surface area contributed by atoms with E-state index >= 15 is 0 Å². The predicted octanol–water partition coefficient (Wildman–Crippen LogP) is 3.57. The van der Waals surface area contributed by atoms with Gasteiger partial charge in [0, 0.05) is 6.54 Å². The molecule has 1 atom stereocenters. The van der Waals surface area contributed by atoms with Crippen molar-refractivity contribution in [3.8, 4) is 0 Å². The van der Waals surface area contributed by atoms with E-state index in [2.05, 4.69) is 0 Å². The van der Waals surface area contributed by atoms with Gasteiger partial charge in [-0.25, -0.2) is 4.79 Å². The lowest BCUT2D eigenvalue weighted by Gasteiger charge is -2.57. The molecule has 0 spiro atoms. The van der Waals surface area contributed by atoms with Crippen LogP contribution in [0.25, 0.3) is 0 Å². The Morgan fingerprint density at radius 2 is 1.58 bits per heavy atom. The maximum absolute atomic E-state index is 12.5. The van der Waals surface area contributed by atoms with Crippen molar-refractivity contribution in [2.75, 3.05) is 13.1 Å². The molecule has 5 aliphatic carbocycles. The first-order chi connectivity index (χ1) is 11.6. The van der Waals surface area contributed by atoms with E-state index in [0.717, 1.165) is 56.5 Å². The van der Waals surface area contributed by atoms with Gasteiger partial charge in [-0.15, -0.1) is 0 Å². The molecule has 134 valence electrons. The number of rotatable bonds is 3. The fraction of sp³-hybridized carbons (Fsp3) is 0.950. The standard InChI is InChI=1S/C20H31NO3/c22-17-3-1-16(2-4-17)18-11-21(19(23)24-18)12-20-8-13-5-14(9-20)7-15(6-13)10-20/h13-18,22H,1-12H2/t13?,14?,15?,16-,17-,18?,20?. The van der Waals surface area contributed by atoms with Crippen molar-refractivity contribution in [1.82, 2.24) is 4.90 Å². The third-order valence-corrected chi connectivity index (χ3v) is 7.87. The molecule has 6 aliphatic rings. The summed E-state index contributed by atoms with van der Waals surface area (Å²) in [6, 6.07) is 0. The molecular weight excluding hydrogens is 302 g/mol. The topological polar surface area (TPSA) is 49.8 Å². The molecule has 4 bridgehead atoms. The Bertz CT molecular complexity index is 476. The first kappa shape index (κ1) is 15.5. The third kappa shape index (κ3) is 2.65. The van der Waals surface area contributed by atoms with E-state index in [1.807, 2.05) is 4.90 Å². The number of hydrogen-bond acceptors (Lipinski definition) is 3. The number of carbonyl (C=O) groups excluding carboxylic acids is 1. The predicted molar refractivity (Wildman–Crippen MR) is 90.4 cm³/mol. The molecule has 0 radical (unpaired) electrons. The van der Waals surface area contributed by atoms with Crippen LogP contribution in [0.4, 0.5) is 4.79 Å². The largest absolute Gasteiger partial charge is 0.444 e. The van der Waals surface area contributed by atoms with Crippen LogP contribution in [-0.2, 0) is 4.74 Å². The van der Waals surface area contributed by atoms with E-state index in [0.29, 0.717) is 11.3 Å². The molecule has 4 heteroatoms. The zero-order valence-corrected chi connectivity index (χ0v) is 14.7. The van der Waals surface area contributed by atoms with Crippen LogP contribution in [0.2, 0.25) is 0 Å². The molecule has 1 aliphatic heterocycles. The van der Waals surface area contributed by atoms with Crippen molar-refractivity contribution in [2.24, 2.45) is 29.1 Å². The van der Waals surface area contributed by atoms with Gasteiger partial charge in [0.25, 0.3) is 0 Å². The zero-order chi connectivity index (χ0) is 16.3. The second kappa shape index (κ2) is 5.62. The fourth-order valence-corrected chi connectivity index (χ4v) is 7.27. The summed E-state index contributed by atoms with van der Waals surface area (Å²) >= 11 is 0. The molecule has 5 saturated carbocycles. The number of aliphatic hydroxyl groups excluding tert-OH is 1. The van der Waals surface area contributed by atoms with Crippen LogP contribution in [0, 0.1) is 29.1 Å². The van der Waals surface area contributed by atoms with Gasteiger partial charge in [-0.2, -0.15) is 0 Å². The second-order valence-corrected chi connectivity index (χ2v) is 9.79. The number of carbonyl (C=O) groups is 1. The van der Waals surface area contributed by atoms with Crippen molar-refractivity contribution in [1.29, 1.82) is 0 Å². The molecule has 1 unspecified atom stereocenters. The van der Waals surface area contributed by atoms with E-state index in [9.17, 15) is 9.90 Å². The Morgan fingerprint density at radius 3 is 2.17 bits per heavy atom. The highest BCUT2D eigenvalue weighted by molar-refractivity contribution is 5.70. The molecule has 0 aromatic rings. The molecule has 0 aromatic carbocycles. The summed E-state index contributed by atoms with van der Waals surface area (Å²) in [5.41, 5.74) is 0.408. The Morgan fingerprint density at radius 1 is 1.00 bits per heavy atom. The lowest BCUT2D eigenvalue weighted by molar-refractivity contribution is -0.0628. The summed E-state index contributed by atoms with van der Waals surface area (Å²) in [6.07, 6.45) is 12.0. The number of hydrogen-bond donors (Lipinski definition) is 1. The lowest BCUT2D eigenvalue weighted by Crippen LogP contribution is -2.51. The average molecular weight is 333 g/mol. The number of amides is 1. The molecule has 24 heavy (non-hydrogen) atoms. The van der Waals surface area contributed by atoms with Crippen LogP contribution in [-0.4, -0.2) is 41.4 Å². The number of ether oxygens (including phenoxy) is 1. The lowest BCUT2D eigenvalue weighted by atomic mass is 9.49. The summed E-state index contributed by atoms with van der Waals surface area (Å²) in [6.45, 7) is 1.74. The molecule has 6 fully saturated rings. The van der Waals surface area contributed by atoms with Gasteiger partial charge in [0.1, 0.15) is 6.10 Å². The van der Waals surface area contributed by atoms with Crippen LogP contribution in [0.1, 0.15) is 64.2 Å². The van der Waals surface area contributed by atoms with Crippen molar-refractivity contribution >= 4 is 6.09 Å². The van der Waals surface area contributed by atoms with Crippen molar-refractivity contribution in [3.63, 3.8) is 0 Å². The summed E-state index contributed by atoms with van der Waals surface area (Å²) in [4.78, 5) is 14.5. The van der Waals surface area contributed by atoms with E-state index in [1.165, 1.54) is 38.5 Å². The molecule has 1 saturated heterocycles. The Labute approximate surface area is 144 Å².